The van der Waals surface area contributed by atoms with Gasteiger partial charge in [-0.05, 0) is 52.9 Å². The van der Waals surface area contributed by atoms with E-state index in [9.17, 15) is 36.2 Å². The molecule has 2 aromatic rings. The van der Waals surface area contributed by atoms with Crippen LogP contribution in [-0.2, 0) is 26.7 Å². The molecule has 10 heteroatoms. The summed E-state index contributed by atoms with van der Waals surface area (Å²) < 4.78 is 65.3. The van der Waals surface area contributed by atoms with Gasteiger partial charge in [0.15, 0.2) is 0 Å². The summed E-state index contributed by atoms with van der Waals surface area (Å²) in [6.07, 6.45) is -0.384. The van der Waals surface area contributed by atoms with E-state index < -0.39 is 30.0 Å². The van der Waals surface area contributed by atoms with Gasteiger partial charge in [0.25, 0.3) is 20.2 Å². The number of rotatable bonds is 5. The molecule has 8 nitrogen and oxygen atoms in total. The third-order valence-corrected chi connectivity index (χ3v) is 5.70. The van der Waals surface area contributed by atoms with E-state index in [4.69, 9.17) is 0 Å². The van der Waals surface area contributed by atoms with Crippen LogP contribution in [0.4, 0.5) is 0 Å². The third-order valence-electron chi connectivity index (χ3n) is 3.81. The maximum Gasteiger partial charge on any atom is 0.294 e. The molecule has 0 fully saturated rings. The number of benzene rings is 2. The number of phenolic OH excluding ortho intramolecular Hbond substituents is 2. The Labute approximate surface area is 151 Å². The van der Waals surface area contributed by atoms with Crippen LogP contribution >= 0.6 is 0 Å². The molecule has 0 aliphatic carbocycles. The van der Waals surface area contributed by atoms with E-state index in [1.807, 2.05) is 0 Å². The van der Waals surface area contributed by atoms with Crippen LogP contribution < -0.4 is 0 Å². The third kappa shape index (κ3) is 4.33. The highest BCUT2D eigenvalue weighted by molar-refractivity contribution is 7.86. The van der Waals surface area contributed by atoms with E-state index in [1.54, 1.807) is 13.8 Å². The van der Waals surface area contributed by atoms with Gasteiger partial charge >= 0.3 is 0 Å². The second-order valence-electron chi connectivity index (χ2n) is 6.09. The Balaban J connectivity index is 2.72. The lowest BCUT2D eigenvalue weighted by Gasteiger charge is -2.15. The van der Waals surface area contributed by atoms with Gasteiger partial charge in [0.1, 0.15) is 11.5 Å². The fourth-order valence-corrected chi connectivity index (χ4v) is 4.07. The lowest BCUT2D eigenvalue weighted by Crippen LogP contribution is -2.08. The van der Waals surface area contributed by atoms with Gasteiger partial charge < -0.3 is 10.2 Å². The lowest BCUT2D eigenvalue weighted by atomic mass is 9.97. The minimum absolute atomic E-state index is 0.0927. The molecule has 0 saturated heterocycles. The number of hydrogen-bond donors (Lipinski definition) is 4. The van der Waals surface area contributed by atoms with Crippen LogP contribution in [0.15, 0.2) is 40.1 Å². The molecule has 0 unspecified atom stereocenters. The summed E-state index contributed by atoms with van der Waals surface area (Å²) in [7, 11) is -9.31. The second kappa shape index (κ2) is 6.88. The van der Waals surface area contributed by atoms with E-state index in [2.05, 4.69) is 0 Å². The monoisotopic (exact) mass is 402 g/mol. The summed E-state index contributed by atoms with van der Waals surface area (Å²) in [6.45, 7) is 3.43. The molecular formula is C16H18O8S2. The lowest BCUT2D eigenvalue weighted by molar-refractivity contribution is 0.461. The molecule has 2 rings (SSSR count). The zero-order valence-corrected chi connectivity index (χ0v) is 15.5. The van der Waals surface area contributed by atoms with Crippen molar-refractivity contribution in [3.8, 4) is 11.5 Å². The molecule has 0 radical (unpaired) electrons. The fourth-order valence-electron chi connectivity index (χ4n) is 2.63. The summed E-state index contributed by atoms with van der Waals surface area (Å²) in [4.78, 5) is -1.02. The molecule has 2 aromatic carbocycles. The van der Waals surface area contributed by atoms with Crippen molar-refractivity contribution in [2.75, 3.05) is 0 Å². The van der Waals surface area contributed by atoms with Crippen molar-refractivity contribution < 1.29 is 36.2 Å². The molecule has 0 aliphatic heterocycles. The van der Waals surface area contributed by atoms with Crippen LogP contribution in [0.3, 0.4) is 0 Å². The van der Waals surface area contributed by atoms with Crippen LogP contribution in [0.2, 0.25) is 0 Å². The highest BCUT2D eigenvalue weighted by Gasteiger charge is 2.23. The minimum Gasteiger partial charge on any atom is -0.508 e. The van der Waals surface area contributed by atoms with E-state index in [1.165, 1.54) is 0 Å². The van der Waals surface area contributed by atoms with Gasteiger partial charge in [-0.25, -0.2) is 0 Å². The first-order valence-electron chi connectivity index (χ1n) is 7.43. The Morgan fingerprint density at radius 1 is 0.846 bits per heavy atom. The van der Waals surface area contributed by atoms with E-state index in [0.29, 0.717) is 0 Å². The average molecular weight is 402 g/mol. The van der Waals surface area contributed by atoms with Crippen molar-refractivity contribution in [3.63, 3.8) is 0 Å². The van der Waals surface area contributed by atoms with Crippen molar-refractivity contribution in [2.24, 2.45) is 0 Å². The van der Waals surface area contributed by atoms with Crippen molar-refractivity contribution >= 4 is 20.2 Å². The van der Waals surface area contributed by atoms with Crippen LogP contribution in [0.1, 0.15) is 36.5 Å². The van der Waals surface area contributed by atoms with Gasteiger partial charge in [-0.3, -0.25) is 9.11 Å². The molecular weight excluding hydrogens is 384 g/mol. The van der Waals surface area contributed by atoms with Crippen molar-refractivity contribution in [1.82, 2.24) is 0 Å². The summed E-state index contributed by atoms with van der Waals surface area (Å²) >= 11 is 0. The van der Waals surface area contributed by atoms with Gasteiger partial charge in [-0.2, -0.15) is 16.8 Å². The standard InChI is InChI=1S/C16H18O8S2/c1-9(2)13-8-16(26(22,23)24)11(7-14(13)18)5-10-6-12(17)3-4-15(10)25(19,20)21/h3-4,6-9,17-18H,5H2,1-2H3,(H,19,20,21)(H,22,23,24). The van der Waals surface area contributed by atoms with Crippen LogP contribution in [0.25, 0.3) is 0 Å². The number of phenols is 2. The molecule has 0 heterocycles. The predicted molar refractivity (Wildman–Crippen MR) is 92.7 cm³/mol. The molecule has 0 aliphatic rings. The smallest absolute Gasteiger partial charge is 0.294 e. The largest absolute Gasteiger partial charge is 0.508 e. The average Bonchev–Trinajstić information content (AvgIpc) is 2.44. The molecule has 0 aromatic heterocycles. The summed E-state index contributed by atoms with van der Waals surface area (Å²) in [5, 5.41) is 19.7. The highest BCUT2D eigenvalue weighted by atomic mass is 32.2. The Morgan fingerprint density at radius 2 is 1.38 bits per heavy atom. The first-order valence-corrected chi connectivity index (χ1v) is 10.3. The zero-order valence-electron chi connectivity index (χ0n) is 13.9. The van der Waals surface area contributed by atoms with Gasteiger partial charge in [-0.1, -0.05) is 13.8 Å². The van der Waals surface area contributed by atoms with E-state index >= 15 is 0 Å². The van der Waals surface area contributed by atoms with Crippen LogP contribution in [0, 0.1) is 0 Å². The molecule has 4 N–H and O–H groups in total. The van der Waals surface area contributed by atoms with Crippen molar-refractivity contribution in [2.45, 2.75) is 36.0 Å². The summed E-state index contributed by atoms with van der Waals surface area (Å²) in [5.74, 6) is -0.765. The first kappa shape index (κ1) is 20.2. The Kier molecular flexibility index (Phi) is 5.34. The number of hydrogen-bond acceptors (Lipinski definition) is 6. The molecule has 142 valence electrons. The quantitative estimate of drug-likeness (QED) is 0.557. The molecule has 26 heavy (non-hydrogen) atoms. The second-order valence-corrected chi connectivity index (χ2v) is 8.87. The van der Waals surface area contributed by atoms with Crippen LogP contribution in [0.5, 0.6) is 11.5 Å². The van der Waals surface area contributed by atoms with Crippen molar-refractivity contribution in [3.05, 3.63) is 47.0 Å². The SMILES string of the molecule is CC(C)c1cc(S(=O)(=O)O)c(Cc2cc(O)ccc2S(=O)(=O)O)cc1O. The topological polar surface area (TPSA) is 149 Å². The Hall–Kier alpha value is -2.14. The Morgan fingerprint density at radius 3 is 1.88 bits per heavy atom. The maximum atomic E-state index is 11.7. The van der Waals surface area contributed by atoms with Crippen molar-refractivity contribution in [1.29, 1.82) is 0 Å². The van der Waals surface area contributed by atoms with Gasteiger partial charge in [-0.15, -0.1) is 0 Å². The molecule has 0 saturated carbocycles. The van der Waals surface area contributed by atoms with Gasteiger partial charge in [0.2, 0.25) is 0 Å². The molecule has 0 amide bonds. The minimum atomic E-state index is -4.67. The first-order chi connectivity index (χ1) is 11.8. The number of aromatic hydroxyl groups is 2. The normalized spacial score (nSPS) is 12.5. The summed E-state index contributed by atoms with van der Waals surface area (Å²) in [6, 6.07) is 5.28. The highest BCUT2D eigenvalue weighted by Crippen LogP contribution is 2.33. The van der Waals surface area contributed by atoms with E-state index in [-0.39, 0.29) is 40.5 Å². The molecule has 0 bridgehead atoms. The Bertz CT molecular complexity index is 1050. The summed E-state index contributed by atoms with van der Waals surface area (Å²) in [5.41, 5.74) is 0.0892. The van der Waals surface area contributed by atoms with Crippen LogP contribution in [-0.4, -0.2) is 36.2 Å². The molecule has 0 spiro atoms. The fraction of sp³-hybridized carbons (Fsp3) is 0.250. The predicted octanol–water partition coefficient (Wildman–Crippen LogP) is 2.31. The van der Waals surface area contributed by atoms with E-state index in [0.717, 1.165) is 30.3 Å². The maximum absolute atomic E-state index is 11.7. The van der Waals surface area contributed by atoms with Gasteiger partial charge in [0, 0.05) is 6.42 Å². The molecule has 0 atom stereocenters. The zero-order chi connectivity index (χ0) is 19.9. The van der Waals surface area contributed by atoms with Gasteiger partial charge in [0.05, 0.1) is 9.79 Å².